The van der Waals surface area contributed by atoms with Gasteiger partial charge in [-0.2, -0.15) is 15.0 Å². The number of halogens is 3. The summed E-state index contributed by atoms with van der Waals surface area (Å²) in [7, 11) is 0. The SMILES string of the molecule is Cl.N.N.N.N.O=C(Nc1ccc(Nc2nc(N3CCCCC3)nc(N3CCCCC3)n2)cc1Cl)c1cc(Cl)c[nH]c1=O.[HH].[HH].[HH].[HH]. The van der Waals surface area contributed by atoms with Gasteiger partial charge in [0.2, 0.25) is 17.8 Å². The van der Waals surface area contributed by atoms with Crippen molar-refractivity contribution < 1.29 is 10.5 Å². The van der Waals surface area contributed by atoms with Gasteiger partial charge in [-0.05, 0) is 62.8 Å². The van der Waals surface area contributed by atoms with Crippen molar-refractivity contribution in [1.82, 2.24) is 44.5 Å². The summed E-state index contributed by atoms with van der Waals surface area (Å²) in [5, 5.41) is 6.45. The zero-order chi connectivity index (χ0) is 25.8. The second kappa shape index (κ2) is 17.7. The lowest BCUT2D eigenvalue weighted by molar-refractivity contribution is 0.102. The third kappa shape index (κ3) is 9.39. The highest BCUT2D eigenvalue weighted by Crippen LogP contribution is 2.29. The van der Waals surface area contributed by atoms with Gasteiger partial charge in [0.1, 0.15) is 5.56 Å². The number of aromatic nitrogens is 4. The fraction of sp³-hybridized carbons (Fsp3) is 0.400. The highest BCUT2D eigenvalue weighted by atomic mass is 35.5. The number of carbonyl (C=O) groups excluding carboxylic acids is 1. The molecule has 1 amide bonds. The molecule has 0 saturated carbocycles. The minimum atomic E-state index is -0.610. The predicted octanol–water partition coefficient (Wildman–Crippen LogP) is 6.90. The number of piperidine rings is 2. The Hall–Kier alpha value is -3.24. The van der Waals surface area contributed by atoms with Gasteiger partial charge in [0.15, 0.2) is 0 Å². The van der Waals surface area contributed by atoms with Gasteiger partial charge in [-0.25, -0.2) is 0 Å². The van der Waals surface area contributed by atoms with E-state index in [0.717, 1.165) is 51.9 Å². The molecule has 2 aromatic heterocycles. The maximum atomic E-state index is 12.6. The number of amides is 1. The number of rotatable bonds is 6. The van der Waals surface area contributed by atoms with Crippen LogP contribution in [0.2, 0.25) is 10.0 Å². The molecule has 0 atom stereocenters. The van der Waals surface area contributed by atoms with Gasteiger partial charge in [0.25, 0.3) is 11.5 Å². The van der Waals surface area contributed by atoms with Crippen LogP contribution < -0.4 is 50.6 Å². The molecule has 4 heterocycles. The van der Waals surface area contributed by atoms with Gasteiger partial charge in [-0.15, -0.1) is 12.4 Å². The summed E-state index contributed by atoms with van der Waals surface area (Å²) < 4.78 is 0. The van der Waals surface area contributed by atoms with Gasteiger partial charge >= 0.3 is 0 Å². The van der Waals surface area contributed by atoms with Crippen molar-refractivity contribution in [3.8, 4) is 0 Å². The molecule has 2 aliphatic rings. The quantitative estimate of drug-likeness (QED) is 0.143. The fourth-order valence-corrected chi connectivity index (χ4v) is 4.91. The number of pyridine rings is 1. The van der Waals surface area contributed by atoms with Gasteiger partial charge < -0.3 is 50.0 Å². The number of carbonyl (C=O) groups is 1. The molecule has 0 bridgehead atoms. The Morgan fingerprint density at radius 3 is 1.90 bits per heavy atom. The summed E-state index contributed by atoms with van der Waals surface area (Å²) in [4.78, 5) is 45.7. The average Bonchev–Trinajstić information content (AvgIpc) is 2.92. The average molecular weight is 656 g/mol. The first-order valence-electron chi connectivity index (χ1n) is 12.5. The fourth-order valence-electron chi connectivity index (χ4n) is 4.52. The maximum Gasteiger partial charge on any atom is 0.261 e. The molecule has 2 fully saturated rings. The Bertz CT molecular complexity index is 1330. The number of hydrogen-bond acceptors (Lipinski definition) is 12. The van der Waals surface area contributed by atoms with Gasteiger partial charge in [-0.3, -0.25) is 9.59 Å². The van der Waals surface area contributed by atoms with E-state index in [1.807, 2.05) is 0 Å². The van der Waals surface area contributed by atoms with E-state index in [-0.39, 0.29) is 53.3 Å². The first kappa shape index (κ1) is 38.8. The molecule has 0 radical (unpaired) electrons. The smallest absolute Gasteiger partial charge is 0.261 e. The standard InChI is InChI=1S/C25H28Cl2N8O2.ClH.4H3N.4H2/c26-16-13-18(21(36)28-15-16)22(37)30-20-8-7-17(14-19(20)27)29-23-31-24(34-9-3-1-4-10-34)33-25(32-23)35-11-5-2-6-12-35;;;;;;;;;/h7-8,13-15H,1-6,9-12H2,(H,28,36)(H,30,37)(H,29,31,32,33);1H;4*1H3;4*1H. The van der Waals surface area contributed by atoms with Crippen molar-refractivity contribution in [2.75, 3.05) is 46.6 Å². The minimum Gasteiger partial charge on any atom is -0.344 e. The number of nitrogens with one attached hydrogen (secondary N) is 3. The zero-order valence-corrected chi connectivity index (χ0v) is 25.8. The van der Waals surface area contributed by atoms with Crippen molar-refractivity contribution in [3.05, 3.63) is 56.4 Å². The molecule has 242 valence electrons. The summed E-state index contributed by atoms with van der Waals surface area (Å²) in [6, 6.07) is 6.39. The van der Waals surface area contributed by atoms with Crippen LogP contribution in [0.25, 0.3) is 0 Å². The van der Waals surface area contributed by atoms with E-state index >= 15 is 0 Å². The first-order chi connectivity index (χ1) is 18.0. The highest BCUT2D eigenvalue weighted by Gasteiger charge is 2.21. The lowest BCUT2D eigenvalue weighted by Gasteiger charge is -2.30. The lowest BCUT2D eigenvalue weighted by atomic mass is 10.1. The normalized spacial score (nSPS) is 14.0. The van der Waals surface area contributed by atoms with Crippen LogP contribution in [0.5, 0.6) is 0 Å². The first-order valence-corrected chi connectivity index (χ1v) is 13.2. The van der Waals surface area contributed by atoms with Crippen LogP contribution in [-0.2, 0) is 0 Å². The highest BCUT2D eigenvalue weighted by molar-refractivity contribution is 6.34. The summed E-state index contributed by atoms with van der Waals surface area (Å²) in [5.41, 5.74) is 0.367. The van der Waals surface area contributed by atoms with E-state index < -0.39 is 11.5 Å². The van der Waals surface area contributed by atoms with Crippen LogP contribution in [0.4, 0.5) is 29.2 Å². The number of aromatic amines is 1. The van der Waals surface area contributed by atoms with Crippen molar-refractivity contribution in [1.29, 1.82) is 0 Å². The van der Waals surface area contributed by atoms with Crippen LogP contribution in [-0.4, -0.2) is 52.0 Å². The number of nitrogens with zero attached hydrogens (tertiary/aromatic N) is 5. The van der Waals surface area contributed by atoms with Gasteiger partial charge in [0, 0.05) is 43.8 Å². The molecule has 0 unspecified atom stereocenters. The largest absolute Gasteiger partial charge is 0.344 e. The second-order valence-electron chi connectivity index (χ2n) is 9.19. The molecule has 14 nitrogen and oxygen atoms in total. The van der Waals surface area contributed by atoms with E-state index in [4.69, 9.17) is 38.2 Å². The Kier molecular flexibility index (Phi) is 16.3. The van der Waals surface area contributed by atoms with E-state index in [0.29, 0.717) is 34.2 Å². The number of H-pyrrole nitrogens is 1. The summed E-state index contributed by atoms with van der Waals surface area (Å²) in [6.07, 6.45) is 8.25. The molecular weight excluding hydrogens is 607 g/mol. The third-order valence-corrected chi connectivity index (χ3v) is 7.01. The third-order valence-electron chi connectivity index (χ3n) is 6.48. The molecule has 3 aromatic rings. The topological polar surface area (TPSA) is 259 Å². The predicted molar refractivity (Wildman–Crippen MR) is 183 cm³/mol. The van der Waals surface area contributed by atoms with Crippen LogP contribution in [0.3, 0.4) is 0 Å². The van der Waals surface area contributed by atoms with Crippen LogP contribution >= 0.6 is 35.6 Å². The second-order valence-corrected chi connectivity index (χ2v) is 10.0. The van der Waals surface area contributed by atoms with E-state index in [2.05, 4.69) is 25.4 Å². The van der Waals surface area contributed by atoms with Crippen LogP contribution in [0.1, 0.15) is 54.6 Å². The van der Waals surface area contributed by atoms with Crippen molar-refractivity contribution >= 4 is 70.7 Å². The molecule has 1 aromatic carbocycles. The molecule has 17 heteroatoms. The lowest BCUT2D eigenvalue weighted by Crippen LogP contribution is -2.34. The monoisotopic (exact) mass is 654 g/mol. The molecule has 15 N–H and O–H groups in total. The number of benzene rings is 1. The van der Waals surface area contributed by atoms with E-state index in [1.54, 1.807) is 18.2 Å². The van der Waals surface area contributed by atoms with E-state index in [9.17, 15) is 9.59 Å². The Morgan fingerprint density at radius 2 is 1.38 bits per heavy atom. The van der Waals surface area contributed by atoms with Crippen molar-refractivity contribution in [2.45, 2.75) is 38.5 Å². The zero-order valence-electron chi connectivity index (χ0n) is 23.5. The summed E-state index contributed by atoms with van der Waals surface area (Å²) in [5.74, 6) is 1.19. The Balaban J connectivity index is -0.000000623. The molecule has 0 aliphatic carbocycles. The maximum absolute atomic E-state index is 12.6. The number of anilines is 5. The van der Waals surface area contributed by atoms with Crippen LogP contribution in [0, 0.1) is 0 Å². The Labute approximate surface area is 267 Å². The molecule has 5 rings (SSSR count). The Morgan fingerprint density at radius 1 is 0.833 bits per heavy atom. The van der Waals surface area contributed by atoms with E-state index in [1.165, 1.54) is 25.1 Å². The molecule has 2 saturated heterocycles. The van der Waals surface area contributed by atoms with Gasteiger partial charge in [-0.1, -0.05) is 23.2 Å². The molecular formula is C25H49Cl3N12O2. The number of hydrogen-bond donors (Lipinski definition) is 7. The van der Waals surface area contributed by atoms with Crippen LogP contribution in [0.15, 0.2) is 35.3 Å². The molecule has 0 spiro atoms. The summed E-state index contributed by atoms with van der Waals surface area (Å²) >= 11 is 12.4. The molecule has 42 heavy (non-hydrogen) atoms. The summed E-state index contributed by atoms with van der Waals surface area (Å²) in [6.45, 7) is 3.72. The van der Waals surface area contributed by atoms with Crippen molar-refractivity contribution in [2.24, 2.45) is 0 Å². The molecule has 2 aliphatic heterocycles. The van der Waals surface area contributed by atoms with Crippen molar-refractivity contribution in [3.63, 3.8) is 0 Å². The van der Waals surface area contributed by atoms with Gasteiger partial charge in [0.05, 0.1) is 15.7 Å². The minimum absolute atomic E-state index is 0.